The first-order chi connectivity index (χ1) is 19.7. The van der Waals surface area contributed by atoms with Gasteiger partial charge in [-0.25, -0.2) is 13.8 Å². The lowest BCUT2D eigenvalue weighted by atomic mass is 9.96. The molecule has 0 unspecified atom stereocenters. The molecular weight excluding hydrogens is 552 g/mol. The minimum atomic E-state index is -1.40. The number of rotatable bonds is 7. The Hall–Kier alpha value is -4.44. The van der Waals surface area contributed by atoms with Crippen LogP contribution in [0.25, 0.3) is 33.1 Å². The topological polar surface area (TPSA) is 101 Å². The molecule has 6 rings (SSSR count). The number of hydrogen-bond donors (Lipinski definition) is 1. The first-order valence-corrected chi connectivity index (χ1v) is 13.4. The molecule has 1 fully saturated rings. The Morgan fingerprint density at radius 1 is 1.07 bits per heavy atom. The van der Waals surface area contributed by atoms with E-state index in [-0.39, 0.29) is 53.6 Å². The zero-order valence-corrected chi connectivity index (χ0v) is 22.7. The van der Waals surface area contributed by atoms with E-state index in [0.717, 1.165) is 0 Å². The van der Waals surface area contributed by atoms with E-state index in [2.05, 4.69) is 15.1 Å². The Balaban J connectivity index is 1.24. The number of carbonyl (C=O) groups is 3. The molecule has 8 nitrogen and oxygen atoms in total. The Morgan fingerprint density at radius 3 is 2.68 bits per heavy atom. The summed E-state index contributed by atoms with van der Waals surface area (Å²) < 4.78 is 31.7. The maximum Gasteiger partial charge on any atom is 0.245 e. The van der Waals surface area contributed by atoms with Crippen molar-refractivity contribution < 1.29 is 23.2 Å². The number of aromatic nitrogens is 4. The highest BCUT2D eigenvalue weighted by atomic mass is 35.5. The number of hydrogen-bond acceptors (Lipinski definition) is 5. The van der Waals surface area contributed by atoms with Gasteiger partial charge in [-0.1, -0.05) is 54.1 Å². The number of nitrogens with zero attached hydrogens (tertiary/aromatic N) is 4. The zero-order valence-electron chi connectivity index (χ0n) is 21.9. The molecule has 2 atom stereocenters. The highest BCUT2D eigenvalue weighted by molar-refractivity contribution is 6.37. The van der Waals surface area contributed by atoms with Crippen LogP contribution in [0.3, 0.4) is 0 Å². The van der Waals surface area contributed by atoms with Crippen LogP contribution in [-0.4, -0.2) is 60.9 Å². The van der Waals surface area contributed by atoms with E-state index in [4.69, 9.17) is 11.6 Å². The summed E-state index contributed by atoms with van der Waals surface area (Å²) in [7, 11) is 0. The van der Waals surface area contributed by atoms with Crippen molar-refractivity contribution in [3.8, 4) is 11.1 Å². The van der Waals surface area contributed by atoms with Gasteiger partial charge in [0.05, 0.1) is 35.0 Å². The fourth-order valence-corrected chi connectivity index (χ4v) is 5.82. The molecule has 1 amide bonds. The summed E-state index contributed by atoms with van der Waals surface area (Å²) in [6, 6.07) is 14.0. The third kappa shape index (κ3) is 4.78. The van der Waals surface area contributed by atoms with Gasteiger partial charge in [0.25, 0.3) is 0 Å². The van der Waals surface area contributed by atoms with Crippen molar-refractivity contribution in [3.63, 3.8) is 0 Å². The van der Waals surface area contributed by atoms with Crippen molar-refractivity contribution in [3.05, 3.63) is 83.0 Å². The molecule has 1 saturated heterocycles. The summed E-state index contributed by atoms with van der Waals surface area (Å²) in [5.74, 6) is -1.86. The summed E-state index contributed by atoms with van der Waals surface area (Å²) in [5, 5.41) is 5.18. The number of amides is 1. The molecule has 2 aromatic heterocycles. The van der Waals surface area contributed by atoms with Crippen LogP contribution in [0.2, 0.25) is 5.02 Å². The van der Waals surface area contributed by atoms with E-state index in [0.29, 0.717) is 27.5 Å². The number of nitrogens with one attached hydrogen (secondary N) is 1. The number of halogens is 3. The molecule has 0 radical (unpaired) electrons. The van der Waals surface area contributed by atoms with E-state index >= 15 is 4.39 Å². The van der Waals surface area contributed by atoms with E-state index in [9.17, 15) is 18.8 Å². The van der Waals surface area contributed by atoms with Gasteiger partial charge in [0.1, 0.15) is 29.7 Å². The molecule has 41 heavy (non-hydrogen) atoms. The summed E-state index contributed by atoms with van der Waals surface area (Å²) in [5.41, 5.74) is 2.76. The molecule has 1 N–H and O–H groups in total. The summed E-state index contributed by atoms with van der Waals surface area (Å²) in [6.45, 7) is 0.861. The van der Waals surface area contributed by atoms with Crippen LogP contribution in [0.5, 0.6) is 0 Å². The molecule has 208 valence electrons. The summed E-state index contributed by atoms with van der Waals surface area (Å²) in [4.78, 5) is 47.2. The van der Waals surface area contributed by atoms with Crippen molar-refractivity contribution in [2.75, 3.05) is 6.54 Å². The van der Waals surface area contributed by atoms with Crippen LogP contribution in [0, 0.1) is 5.82 Å². The van der Waals surface area contributed by atoms with Crippen molar-refractivity contribution in [1.29, 1.82) is 0 Å². The first-order valence-electron chi connectivity index (χ1n) is 13.0. The molecule has 5 aromatic rings. The van der Waals surface area contributed by atoms with Gasteiger partial charge in [-0.3, -0.25) is 19.1 Å². The number of aromatic amines is 1. The number of ketones is 2. The molecule has 11 heteroatoms. The van der Waals surface area contributed by atoms with Gasteiger partial charge in [-0.15, -0.1) is 0 Å². The molecule has 1 aliphatic heterocycles. The first kappa shape index (κ1) is 26.8. The van der Waals surface area contributed by atoms with Crippen molar-refractivity contribution in [2.24, 2.45) is 0 Å². The van der Waals surface area contributed by atoms with Gasteiger partial charge in [0, 0.05) is 36.3 Å². The molecule has 0 spiro atoms. The van der Waals surface area contributed by atoms with Crippen molar-refractivity contribution >= 4 is 51.0 Å². The Bertz CT molecular complexity index is 1850. The number of imidazole rings is 1. The minimum Gasteiger partial charge on any atom is -0.345 e. The fraction of sp³-hybridized carbons (Fsp3) is 0.233. The van der Waals surface area contributed by atoms with E-state index < -0.39 is 29.7 Å². The smallest absolute Gasteiger partial charge is 0.245 e. The van der Waals surface area contributed by atoms with Gasteiger partial charge in [0.2, 0.25) is 5.91 Å². The van der Waals surface area contributed by atoms with Crippen LogP contribution in [-0.2, 0) is 22.6 Å². The van der Waals surface area contributed by atoms with Gasteiger partial charge < -0.3 is 9.88 Å². The van der Waals surface area contributed by atoms with Gasteiger partial charge in [-0.2, -0.15) is 5.10 Å². The van der Waals surface area contributed by atoms with Crippen LogP contribution in [0.4, 0.5) is 8.78 Å². The number of benzene rings is 3. The molecular formula is C30H24ClF2N5O3. The molecule has 0 aliphatic carbocycles. The van der Waals surface area contributed by atoms with Crippen LogP contribution >= 0.6 is 11.6 Å². The summed E-state index contributed by atoms with van der Waals surface area (Å²) in [6.07, 6.45) is -0.407. The normalized spacial score (nSPS) is 17.0. The van der Waals surface area contributed by atoms with Gasteiger partial charge >= 0.3 is 0 Å². The van der Waals surface area contributed by atoms with E-state index in [1.807, 2.05) is 0 Å². The molecule has 3 heterocycles. The Morgan fingerprint density at radius 2 is 1.88 bits per heavy atom. The quantitative estimate of drug-likeness (QED) is 0.265. The van der Waals surface area contributed by atoms with Crippen LogP contribution < -0.4 is 0 Å². The monoisotopic (exact) mass is 575 g/mol. The number of carbonyl (C=O) groups excluding carboxylic acids is 3. The van der Waals surface area contributed by atoms with Gasteiger partial charge in [-0.05, 0) is 17.7 Å². The highest BCUT2D eigenvalue weighted by Gasteiger charge is 2.40. The van der Waals surface area contributed by atoms with Crippen molar-refractivity contribution in [1.82, 2.24) is 24.6 Å². The fourth-order valence-electron chi connectivity index (χ4n) is 5.50. The number of fused-ring (bicyclic) bond motifs is 2. The SMILES string of the molecule is CC(=O)c1nn(CC(=O)N2C[C@H](F)C[C@H]2C(=O)Cc2cccc(-c3ccc4[nH]cnc4c3Cl)c2F)c2ccccc12. The average Bonchev–Trinajstić information content (AvgIpc) is 3.68. The predicted octanol–water partition coefficient (Wildman–Crippen LogP) is 5.33. The lowest BCUT2D eigenvalue weighted by Gasteiger charge is -2.23. The summed E-state index contributed by atoms with van der Waals surface area (Å²) >= 11 is 6.52. The van der Waals surface area contributed by atoms with Crippen molar-refractivity contribution in [2.45, 2.75) is 38.5 Å². The highest BCUT2D eigenvalue weighted by Crippen LogP contribution is 2.35. The second-order valence-corrected chi connectivity index (χ2v) is 10.5. The number of H-pyrrole nitrogens is 1. The van der Waals surface area contributed by atoms with Gasteiger partial charge in [0.15, 0.2) is 11.6 Å². The average molecular weight is 576 g/mol. The van der Waals surface area contributed by atoms with Crippen LogP contribution in [0.1, 0.15) is 29.4 Å². The number of para-hydroxylation sites is 1. The van der Waals surface area contributed by atoms with E-state index in [1.165, 1.54) is 28.9 Å². The zero-order chi connectivity index (χ0) is 28.8. The largest absolute Gasteiger partial charge is 0.345 e. The standard InChI is InChI=1S/C30H24ClF2N5O3/c1-16(39)29-21-6-2-3-8-23(21)38(36-29)14-26(41)37-13-18(32)12-24(37)25(40)11-17-5-4-7-20(28(17)33)19-9-10-22-30(27(19)31)35-15-34-22/h2-10,15,18,24H,11-14H2,1H3,(H,34,35)/t18-,24+/m1/s1. The number of likely N-dealkylation sites (tertiary alicyclic amines) is 1. The predicted molar refractivity (Wildman–Crippen MR) is 150 cm³/mol. The third-order valence-corrected chi connectivity index (χ3v) is 7.86. The maximum absolute atomic E-state index is 15.7. The third-order valence-electron chi connectivity index (χ3n) is 7.48. The molecule has 3 aromatic carbocycles. The Kier molecular flexibility index (Phi) is 6.86. The second-order valence-electron chi connectivity index (χ2n) is 10.1. The molecule has 1 aliphatic rings. The molecule has 0 saturated carbocycles. The maximum atomic E-state index is 15.7. The minimum absolute atomic E-state index is 0.115. The lowest BCUT2D eigenvalue weighted by Crippen LogP contribution is -2.43. The van der Waals surface area contributed by atoms with E-state index in [1.54, 1.807) is 48.5 Å². The second kappa shape index (κ2) is 10.5. The number of Topliss-reactive ketones (excluding diaryl/α,β-unsaturated/α-hetero) is 2. The lowest BCUT2D eigenvalue weighted by molar-refractivity contribution is -0.138. The Labute approximate surface area is 237 Å². The number of alkyl halides is 1. The van der Waals surface area contributed by atoms with Crippen LogP contribution in [0.15, 0.2) is 60.9 Å². The molecule has 0 bridgehead atoms.